The van der Waals surface area contributed by atoms with Gasteiger partial charge in [-0.05, 0) is 0 Å². The predicted molar refractivity (Wildman–Crippen MR) is 70.9 cm³/mol. The van der Waals surface area contributed by atoms with Crippen molar-refractivity contribution in [2.24, 2.45) is 0 Å². The maximum absolute atomic E-state index is 12.7. The van der Waals surface area contributed by atoms with Gasteiger partial charge in [0, 0.05) is 0 Å². The summed E-state index contributed by atoms with van der Waals surface area (Å²) in [5.74, 6) is -0.272. The molecule has 1 atom stereocenters. The van der Waals surface area contributed by atoms with E-state index in [1.54, 1.807) is 26.0 Å². The third-order valence-electron chi connectivity index (χ3n) is 2.00. The van der Waals surface area contributed by atoms with Gasteiger partial charge < -0.3 is 0 Å². The number of hydrogen-bond donors (Lipinski definition) is 0. The molecule has 0 aromatic carbocycles. The van der Waals surface area contributed by atoms with Crippen molar-refractivity contribution in [1.29, 1.82) is 0 Å². The topological polar surface area (TPSA) is 57.9 Å². The van der Waals surface area contributed by atoms with Crippen LogP contribution >= 0.6 is 7.60 Å². The van der Waals surface area contributed by atoms with Crippen molar-refractivity contribution in [2.75, 3.05) is 13.2 Å². The summed E-state index contributed by atoms with van der Waals surface area (Å²) in [6, 6.07) is 3.46. The second kappa shape index (κ2) is 7.52. The van der Waals surface area contributed by atoms with E-state index < -0.39 is 28.4 Å². The standard InChI is InChI=1S/C11H20AsO5P/c1-5-15-18(13,16-6-2)11(17-12(3)4)10-8-7-9-14-10/h7-9,11H,5-6H2,1-4H3. The molecule has 0 aliphatic rings. The fourth-order valence-corrected chi connectivity index (χ4v) is 5.83. The summed E-state index contributed by atoms with van der Waals surface area (Å²) in [5, 5.41) is 0. The molecule has 0 amide bonds. The normalized spacial score (nSPS) is 14.1. The van der Waals surface area contributed by atoms with Crippen LogP contribution in [-0.2, 0) is 17.3 Å². The van der Waals surface area contributed by atoms with Crippen molar-refractivity contribution in [3.63, 3.8) is 0 Å². The first-order valence-electron chi connectivity index (χ1n) is 5.79. The molecule has 104 valence electrons. The van der Waals surface area contributed by atoms with Crippen LogP contribution in [-0.4, -0.2) is 28.2 Å². The Bertz CT molecular complexity index is 369. The monoisotopic (exact) mass is 338 g/mol. The summed E-state index contributed by atoms with van der Waals surface area (Å²) in [7, 11) is -3.35. The van der Waals surface area contributed by atoms with Crippen LogP contribution in [0.15, 0.2) is 22.8 Å². The van der Waals surface area contributed by atoms with E-state index in [2.05, 4.69) is 0 Å². The van der Waals surface area contributed by atoms with E-state index in [0.29, 0.717) is 19.0 Å². The quantitative estimate of drug-likeness (QED) is 0.533. The third-order valence-corrected chi connectivity index (χ3v) is 5.86. The number of hydrogen-bond acceptors (Lipinski definition) is 5. The number of rotatable bonds is 8. The molecule has 7 heteroatoms. The Labute approximate surface area is 113 Å². The summed E-state index contributed by atoms with van der Waals surface area (Å²) in [5.41, 5.74) is 4.01. The van der Waals surface area contributed by atoms with Gasteiger partial charge in [-0.15, -0.1) is 0 Å². The zero-order valence-electron chi connectivity index (χ0n) is 11.2. The Balaban J connectivity index is 3.02. The minimum atomic E-state index is -3.35. The molecule has 1 aromatic heterocycles. The van der Waals surface area contributed by atoms with Gasteiger partial charge in [-0.3, -0.25) is 0 Å². The summed E-state index contributed by atoms with van der Waals surface area (Å²) in [6.07, 6.45) is 1.52. The van der Waals surface area contributed by atoms with Gasteiger partial charge in [0.1, 0.15) is 0 Å². The molecule has 0 aliphatic carbocycles. The van der Waals surface area contributed by atoms with E-state index >= 15 is 0 Å². The van der Waals surface area contributed by atoms with Crippen molar-refractivity contribution >= 4 is 22.6 Å². The average Bonchev–Trinajstić information content (AvgIpc) is 2.79. The van der Waals surface area contributed by atoms with Gasteiger partial charge in [-0.2, -0.15) is 0 Å². The van der Waals surface area contributed by atoms with Gasteiger partial charge in [0.15, 0.2) is 0 Å². The fraction of sp³-hybridized carbons (Fsp3) is 0.636. The van der Waals surface area contributed by atoms with Crippen LogP contribution in [0, 0.1) is 0 Å². The second-order valence-corrected chi connectivity index (χ2v) is 9.58. The molecule has 1 unspecified atom stereocenters. The van der Waals surface area contributed by atoms with Gasteiger partial charge in [-0.1, -0.05) is 0 Å². The van der Waals surface area contributed by atoms with Crippen molar-refractivity contribution in [3.05, 3.63) is 24.2 Å². The number of furan rings is 1. The fourth-order valence-electron chi connectivity index (χ4n) is 1.43. The maximum atomic E-state index is 12.7. The molecule has 0 saturated heterocycles. The van der Waals surface area contributed by atoms with Gasteiger partial charge in [0.05, 0.1) is 0 Å². The Morgan fingerprint density at radius 2 is 1.94 bits per heavy atom. The van der Waals surface area contributed by atoms with E-state index in [1.165, 1.54) is 6.26 Å². The second-order valence-electron chi connectivity index (χ2n) is 3.66. The predicted octanol–water partition coefficient (Wildman–Crippen LogP) is 3.81. The zero-order chi connectivity index (χ0) is 13.6. The third kappa shape index (κ3) is 4.25. The van der Waals surface area contributed by atoms with Crippen molar-refractivity contribution in [1.82, 2.24) is 0 Å². The average molecular weight is 338 g/mol. The molecule has 0 N–H and O–H groups in total. The molecule has 0 bridgehead atoms. The molecular weight excluding hydrogens is 318 g/mol. The summed E-state index contributed by atoms with van der Waals surface area (Å²) in [4.78, 5) is 0. The van der Waals surface area contributed by atoms with Gasteiger partial charge in [0.25, 0.3) is 0 Å². The molecule has 1 heterocycles. The van der Waals surface area contributed by atoms with E-state index in [4.69, 9.17) is 17.2 Å². The summed E-state index contributed by atoms with van der Waals surface area (Å²) < 4.78 is 34.5. The molecule has 0 spiro atoms. The minimum absolute atomic E-state index is 0.304. The van der Waals surface area contributed by atoms with Gasteiger partial charge in [-0.25, -0.2) is 0 Å². The molecule has 1 aromatic rings. The van der Waals surface area contributed by atoms with Crippen LogP contribution in [0.3, 0.4) is 0 Å². The van der Waals surface area contributed by atoms with Crippen molar-refractivity contribution in [2.45, 2.75) is 31.1 Å². The van der Waals surface area contributed by atoms with Crippen LogP contribution in [0.25, 0.3) is 0 Å². The van der Waals surface area contributed by atoms with Gasteiger partial charge in [0.2, 0.25) is 0 Å². The first-order valence-corrected chi connectivity index (χ1v) is 11.9. The molecule has 5 nitrogen and oxygen atoms in total. The van der Waals surface area contributed by atoms with Crippen molar-refractivity contribution in [3.8, 4) is 0 Å². The van der Waals surface area contributed by atoms with Crippen LogP contribution in [0.5, 0.6) is 0 Å². The zero-order valence-corrected chi connectivity index (χ0v) is 13.9. The first kappa shape index (κ1) is 16.0. The molecular formula is C11H20AsO5P. The van der Waals surface area contributed by atoms with Crippen LogP contribution < -0.4 is 0 Å². The molecule has 18 heavy (non-hydrogen) atoms. The summed E-state index contributed by atoms with van der Waals surface area (Å²) in [6.45, 7) is 4.16. The van der Waals surface area contributed by atoms with E-state index in [-0.39, 0.29) is 0 Å². The van der Waals surface area contributed by atoms with Gasteiger partial charge >= 0.3 is 113 Å². The van der Waals surface area contributed by atoms with E-state index in [0.717, 1.165) is 0 Å². The van der Waals surface area contributed by atoms with Crippen LogP contribution in [0.4, 0.5) is 0 Å². The summed E-state index contributed by atoms with van der Waals surface area (Å²) >= 11 is -1.48. The van der Waals surface area contributed by atoms with Crippen molar-refractivity contribution < 1.29 is 21.8 Å². The first-order chi connectivity index (χ1) is 8.53. The Morgan fingerprint density at radius 3 is 2.33 bits per heavy atom. The van der Waals surface area contributed by atoms with E-state index in [9.17, 15) is 4.57 Å². The Hall–Kier alpha value is -0.0516. The molecule has 0 aliphatic heterocycles. The van der Waals surface area contributed by atoms with Crippen LogP contribution in [0.1, 0.15) is 25.5 Å². The molecule has 0 saturated carbocycles. The Kier molecular flexibility index (Phi) is 6.68. The SMILES string of the molecule is CCOP(=O)(OCC)C(O[As](C)C)c1ccco1. The van der Waals surface area contributed by atoms with E-state index in [1.807, 2.05) is 11.4 Å². The molecule has 0 fully saturated rings. The molecule has 0 radical (unpaired) electrons. The molecule has 1 rings (SSSR count). The Morgan fingerprint density at radius 1 is 1.33 bits per heavy atom. The van der Waals surface area contributed by atoms with Crippen LogP contribution in [0.2, 0.25) is 11.4 Å².